The van der Waals surface area contributed by atoms with E-state index in [1.807, 2.05) is 54.6 Å². The van der Waals surface area contributed by atoms with Crippen LogP contribution in [0.2, 0.25) is 0 Å². The number of amides is 1. The fourth-order valence-electron chi connectivity index (χ4n) is 3.43. The molecule has 0 aliphatic carbocycles. The molecule has 2 atom stereocenters. The monoisotopic (exact) mass is 455 g/mol. The minimum atomic E-state index is -0.0702. The third-order valence-electron chi connectivity index (χ3n) is 4.69. The van der Waals surface area contributed by atoms with Gasteiger partial charge in [0.1, 0.15) is 0 Å². The molecule has 0 bridgehead atoms. The molecule has 31 heavy (non-hydrogen) atoms. The van der Waals surface area contributed by atoms with Crippen molar-refractivity contribution in [2.45, 2.75) is 30.4 Å². The lowest BCUT2D eigenvalue weighted by Crippen LogP contribution is -2.45. The molecule has 2 heterocycles. The molecule has 1 saturated heterocycles. The third-order valence-corrected chi connectivity index (χ3v) is 6.67. The predicted molar refractivity (Wildman–Crippen MR) is 128 cm³/mol. The van der Waals surface area contributed by atoms with E-state index >= 15 is 0 Å². The Labute approximate surface area is 190 Å². The summed E-state index contributed by atoms with van der Waals surface area (Å²) in [6.45, 7) is 5.92. The lowest BCUT2D eigenvalue weighted by atomic mass is 10.2. The van der Waals surface area contributed by atoms with Gasteiger partial charge in [0.05, 0.1) is 18.0 Å². The number of aromatic nitrogens is 2. The quantitative estimate of drug-likeness (QED) is 0.503. The van der Waals surface area contributed by atoms with Crippen molar-refractivity contribution in [1.82, 2.24) is 10.2 Å². The van der Waals surface area contributed by atoms with E-state index in [-0.39, 0.29) is 23.9 Å². The standard InChI is InChI=1S/C22H25N5O2S2/c1-15-12-27(13-16(2)29-15)19-10-8-18(9-11-19)23-20(28)14-30-22-26-25-21(31-22)24-17-6-4-3-5-7-17/h3-11,15-16H,12-14H2,1-2H3,(H,23,28)(H,24,25). The first-order valence-corrected chi connectivity index (χ1v) is 11.9. The molecule has 2 N–H and O–H groups in total. The highest BCUT2D eigenvalue weighted by Crippen LogP contribution is 2.28. The maximum absolute atomic E-state index is 12.3. The van der Waals surface area contributed by atoms with E-state index in [2.05, 4.69) is 39.6 Å². The van der Waals surface area contributed by atoms with Crippen LogP contribution in [-0.2, 0) is 9.53 Å². The third kappa shape index (κ3) is 6.19. The summed E-state index contributed by atoms with van der Waals surface area (Å²) in [4.78, 5) is 14.7. The van der Waals surface area contributed by atoms with E-state index in [0.29, 0.717) is 5.13 Å². The number of carbonyl (C=O) groups excluding carboxylic acids is 1. The second-order valence-electron chi connectivity index (χ2n) is 7.41. The number of thioether (sulfide) groups is 1. The van der Waals surface area contributed by atoms with Crippen molar-refractivity contribution in [3.8, 4) is 0 Å². The number of nitrogens with one attached hydrogen (secondary N) is 2. The van der Waals surface area contributed by atoms with E-state index in [1.54, 1.807) is 0 Å². The van der Waals surface area contributed by atoms with Gasteiger partial charge in [0.25, 0.3) is 0 Å². The summed E-state index contributed by atoms with van der Waals surface area (Å²) < 4.78 is 6.54. The smallest absolute Gasteiger partial charge is 0.234 e. The van der Waals surface area contributed by atoms with Gasteiger partial charge in [-0.25, -0.2) is 0 Å². The van der Waals surface area contributed by atoms with Gasteiger partial charge in [-0.2, -0.15) is 0 Å². The van der Waals surface area contributed by atoms with Crippen LogP contribution in [0.15, 0.2) is 58.9 Å². The van der Waals surface area contributed by atoms with Gasteiger partial charge in [0.15, 0.2) is 4.34 Å². The van der Waals surface area contributed by atoms with E-state index < -0.39 is 0 Å². The summed E-state index contributed by atoms with van der Waals surface area (Å²) >= 11 is 2.80. The lowest BCUT2D eigenvalue weighted by molar-refractivity contribution is -0.113. The fourth-order valence-corrected chi connectivity index (χ4v) is 5.00. The number of carbonyl (C=O) groups is 1. The highest BCUT2D eigenvalue weighted by atomic mass is 32.2. The van der Waals surface area contributed by atoms with Gasteiger partial charge in [-0.1, -0.05) is 41.3 Å². The number of anilines is 4. The van der Waals surface area contributed by atoms with E-state index in [0.717, 1.165) is 34.5 Å². The van der Waals surface area contributed by atoms with E-state index in [4.69, 9.17) is 4.74 Å². The van der Waals surface area contributed by atoms with Crippen LogP contribution in [0, 0.1) is 0 Å². The highest BCUT2D eigenvalue weighted by molar-refractivity contribution is 8.01. The molecule has 0 radical (unpaired) electrons. The largest absolute Gasteiger partial charge is 0.372 e. The van der Waals surface area contributed by atoms with Gasteiger partial charge >= 0.3 is 0 Å². The van der Waals surface area contributed by atoms with Crippen LogP contribution < -0.4 is 15.5 Å². The van der Waals surface area contributed by atoms with Gasteiger partial charge in [-0.3, -0.25) is 4.79 Å². The van der Waals surface area contributed by atoms with Gasteiger partial charge in [0.2, 0.25) is 11.0 Å². The molecule has 0 saturated carbocycles. The number of benzene rings is 2. The summed E-state index contributed by atoms with van der Waals surface area (Å²) in [6.07, 6.45) is 0.424. The molecule has 2 aromatic carbocycles. The summed E-state index contributed by atoms with van der Waals surface area (Å²) in [5, 5.41) is 15.1. The van der Waals surface area contributed by atoms with Crippen LogP contribution in [0.5, 0.6) is 0 Å². The predicted octanol–water partition coefficient (Wildman–Crippen LogP) is 4.63. The SMILES string of the molecule is CC1CN(c2ccc(NC(=O)CSc3nnc(Nc4ccccc4)s3)cc2)CC(C)O1. The van der Waals surface area contributed by atoms with Gasteiger partial charge in [-0.15, -0.1) is 10.2 Å². The Morgan fingerprint density at radius 3 is 2.48 bits per heavy atom. The van der Waals surface area contributed by atoms with Crippen molar-refractivity contribution in [2.24, 2.45) is 0 Å². The number of nitrogens with zero attached hydrogens (tertiary/aromatic N) is 3. The Morgan fingerprint density at radius 1 is 1.06 bits per heavy atom. The van der Waals surface area contributed by atoms with E-state index in [1.165, 1.54) is 23.1 Å². The number of rotatable bonds is 7. The zero-order valence-corrected chi connectivity index (χ0v) is 19.1. The normalized spacial score (nSPS) is 18.6. The molecule has 3 aromatic rings. The molecule has 4 rings (SSSR count). The summed E-state index contributed by atoms with van der Waals surface area (Å²) in [7, 11) is 0. The Balaban J connectivity index is 1.25. The first-order chi connectivity index (χ1) is 15.0. The molecule has 162 valence electrons. The second kappa shape index (κ2) is 10.1. The van der Waals surface area contributed by atoms with Crippen LogP contribution >= 0.6 is 23.1 Å². The first-order valence-electron chi connectivity index (χ1n) is 10.1. The molecule has 9 heteroatoms. The number of morpholine rings is 1. The average molecular weight is 456 g/mol. The fraction of sp³-hybridized carbons (Fsp3) is 0.318. The second-order valence-corrected chi connectivity index (χ2v) is 9.61. The van der Waals surface area contributed by atoms with Crippen molar-refractivity contribution in [2.75, 3.05) is 34.4 Å². The summed E-state index contributed by atoms with van der Waals surface area (Å²) in [5.41, 5.74) is 2.88. The van der Waals surface area contributed by atoms with Crippen LogP contribution in [0.1, 0.15) is 13.8 Å². The summed E-state index contributed by atoms with van der Waals surface area (Å²) in [5.74, 6) is 0.208. The molecule has 7 nitrogen and oxygen atoms in total. The zero-order valence-electron chi connectivity index (χ0n) is 17.4. The number of para-hydroxylation sites is 1. The number of ether oxygens (including phenoxy) is 1. The van der Waals surface area contributed by atoms with Crippen LogP contribution in [0.4, 0.5) is 22.2 Å². The molecule has 0 spiro atoms. The van der Waals surface area contributed by atoms with Crippen molar-refractivity contribution in [1.29, 1.82) is 0 Å². The molecule has 2 unspecified atom stereocenters. The maximum Gasteiger partial charge on any atom is 0.234 e. The van der Waals surface area contributed by atoms with Crippen molar-refractivity contribution < 1.29 is 9.53 Å². The van der Waals surface area contributed by atoms with Gasteiger partial charge < -0.3 is 20.3 Å². The zero-order chi connectivity index (χ0) is 21.6. The van der Waals surface area contributed by atoms with Crippen LogP contribution in [0.3, 0.4) is 0 Å². The molecule has 1 amide bonds. The van der Waals surface area contributed by atoms with E-state index in [9.17, 15) is 4.79 Å². The van der Waals surface area contributed by atoms with Gasteiger partial charge in [-0.05, 0) is 50.2 Å². The minimum absolute atomic E-state index is 0.0702. The maximum atomic E-state index is 12.3. The van der Waals surface area contributed by atoms with Crippen LogP contribution in [-0.4, -0.2) is 47.2 Å². The molecular weight excluding hydrogens is 430 g/mol. The lowest BCUT2D eigenvalue weighted by Gasteiger charge is -2.36. The molecule has 1 aliphatic rings. The number of hydrogen-bond donors (Lipinski definition) is 2. The number of hydrogen-bond acceptors (Lipinski definition) is 8. The highest BCUT2D eigenvalue weighted by Gasteiger charge is 2.22. The van der Waals surface area contributed by atoms with Gasteiger partial charge in [0, 0.05) is 30.2 Å². The van der Waals surface area contributed by atoms with Crippen LogP contribution in [0.25, 0.3) is 0 Å². The Hall–Kier alpha value is -2.62. The molecule has 1 aromatic heterocycles. The minimum Gasteiger partial charge on any atom is -0.372 e. The molecule has 1 fully saturated rings. The first kappa shape index (κ1) is 21.6. The van der Waals surface area contributed by atoms with Crippen molar-refractivity contribution in [3.63, 3.8) is 0 Å². The van der Waals surface area contributed by atoms with Crippen molar-refractivity contribution in [3.05, 3.63) is 54.6 Å². The molecular formula is C22H25N5O2S2. The Bertz CT molecular complexity index is 987. The molecule has 1 aliphatic heterocycles. The van der Waals surface area contributed by atoms with Crippen molar-refractivity contribution >= 4 is 51.2 Å². The Kier molecular flexibility index (Phi) is 7.06. The summed E-state index contributed by atoms with van der Waals surface area (Å²) in [6, 6.07) is 17.8. The Morgan fingerprint density at radius 2 is 1.77 bits per heavy atom. The average Bonchev–Trinajstić information content (AvgIpc) is 3.20. The topological polar surface area (TPSA) is 79.4 Å².